The molecular weight excluding hydrogens is 339 g/mol. The Bertz CT molecular complexity index is 923. The molecule has 2 aromatic carbocycles. The van der Waals surface area contributed by atoms with Gasteiger partial charge in [-0.15, -0.1) is 0 Å². The van der Waals surface area contributed by atoms with Gasteiger partial charge in [0.2, 0.25) is 5.76 Å². The Balaban J connectivity index is 1.72. The third kappa shape index (κ3) is 3.66. The quantitative estimate of drug-likeness (QED) is 0.732. The van der Waals surface area contributed by atoms with Gasteiger partial charge in [-0.2, -0.15) is 0 Å². The first kappa shape index (κ1) is 17.5. The van der Waals surface area contributed by atoms with Crippen molar-refractivity contribution < 1.29 is 23.2 Å². The summed E-state index contributed by atoms with van der Waals surface area (Å²) in [6.45, 7) is 0.217. The number of benzene rings is 2. The van der Waals surface area contributed by atoms with Crippen molar-refractivity contribution in [3.05, 3.63) is 65.7 Å². The molecule has 0 saturated carbocycles. The number of aromatic nitrogens is 1. The van der Waals surface area contributed by atoms with Crippen LogP contribution in [0.5, 0.6) is 11.5 Å². The number of amides is 1. The lowest BCUT2D eigenvalue weighted by Gasteiger charge is -2.12. The van der Waals surface area contributed by atoms with Crippen LogP contribution in [0, 0.1) is 5.82 Å². The first-order valence-corrected chi connectivity index (χ1v) is 7.83. The number of methoxy groups -OCH3 is 2. The standard InChI is InChI=1S/C19H17FN2O4/c1-24-16-8-4-6-13(18(16)25-2)11-21-19(23)17-10-15(22-26-17)12-5-3-7-14(20)9-12/h3-10H,11H2,1-2H3,(H,21,23). The number of rotatable bonds is 6. The zero-order chi connectivity index (χ0) is 18.5. The van der Waals surface area contributed by atoms with E-state index in [0.29, 0.717) is 22.8 Å². The lowest BCUT2D eigenvalue weighted by molar-refractivity contribution is 0.0913. The van der Waals surface area contributed by atoms with Crippen LogP contribution in [0.4, 0.5) is 4.39 Å². The van der Waals surface area contributed by atoms with Crippen molar-refractivity contribution in [2.45, 2.75) is 6.54 Å². The van der Waals surface area contributed by atoms with E-state index in [-0.39, 0.29) is 18.1 Å². The largest absolute Gasteiger partial charge is 0.493 e. The molecule has 0 aliphatic carbocycles. The van der Waals surface area contributed by atoms with E-state index >= 15 is 0 Å². The number of carbonyl (C=O) groups is 1. The minimum absolute atomic E-state index is 0.0334. The number of ether oxygens (including phenoxy) is 2. The predicted octanol–water partition coefficient (Wildman–Crippen LogP) is 3.43. The molecule has 0 aliphatic rings. The second kappa shape index (κ2) is 7.69. The first-order chi connectivity index (χ1) is 12.6. The Kier molecular flexibility index (Phi) is 5.17. The molecule has 0 saturated heterocycles. The average molecular weight is 356 g/mol. The molecule has 7 heteroatoms. The van der Waals surface area contributed by atoms with Crippen molar-refractivity contribution in [1.29, 1.82) is 0 Å². The van der Waals surface area contributed by atoms with Crippen molar-refractivity contribution in [3.63, 3.8) is 0 Å². The van der Waals surface area contributed by atoms with E-state index in [1.165, 1.54) is 25.3 Å². The topological polar surface area (TPSA) is 73.6 Å². The molecule has 1 heterocycles. The molecule has 3 aromatic rings. The third-order valence-electron chi connectivity index (χ3n) is 3.78. The molecule has 0 unspecified atom stereocenters. The predicted molar refractivity (Wildman–Crippen MR) is 92.6 cm³/mol. The molecule has 26 heavy (non-hydrogen) atoms. The van der Waals surface area contributed by atoms with Crippen LogP contribution < -0.4 is 14.8 Å². The van der Waals surface area contributed by atoms with Gasteiger partial charge in [0.1, 0.15) is 11.5 Å². The Morgan fingerprint density at radius 1 is 1.15 bits per heavy atom. The highest BCUT2D eigenvalue weighted by molar-refractivity contribution is 5.92. The molecule has 3 rings (SSSR count). The van der Waals surface area contributed by atoms with Crippen LogP contribution in [-0.4, -0.2) is 25.3 Å². The summed E-state index contributed by atoms with van der Waals surface area (Å²) in [5, 5.41) is 6.55. The summed E-state index contributed by atoms with van der Waals surface area (Å²) >= 11 is 0. The molecule has 1 N–H and O–H groups in total. The molecular formula is C19H17FN2O4. The van der Waals surface area contributed by atoms with Gasteiger partial charge in [-0.05, 0) is 18.2 Å². The van der Waals surface area contributed by atoms with E-state index in [9.17, 15) is 9.18 Å². The van der Waals surface area contributed by atoms with E-state index in [1.807, 2.05) is 6.07 Å². The van der Waals surface area contributed by atoms with E-state index in [2.05, 4.69) is 10.5 Å². The molecule has 6 nitrogen and oxygen atoms in total. The fraction of sp³-hybridized carbons (Fsp3) is 0.158. The SMILES string of the molecule is COc1cccc(CNC(=O)c2cc(-c3cccc(F)c3)no2)c1OC. The smallest absolute Gasteiger partial charge is 0.290 e. The minimum atomic E-state index is -0.440. The Hall–Kier alpha value is -3.35. The summed E-state index contributed by atoms with van der Waals surface area (Å²) in [6.07, 6.45) is 0. The van der Waals surface area contributed by atoms with E-state index in [4.69, 9.17) is 14.0 Å². The van der Waals surface area contributed by atoms with Gasteiger partial charge in [-0.25, -0.2) is 4.39 Å². The zero-order valence-electron chi connectivity index (χ0n) is 14.3. The van der Waals surface area contributed by atoms with Crippen LogP contribution in [0.15, 0.2) is 53.1 Å². The summed E-state index contributed by atoms with van der Waals surface area (Å²) in [5.74, 6) is 0.332. The maximum atomic E-state index is 13.3. The molecule has 1 amide bonds. The number of halogens is 1. The van der Waals surface area contributed by atoms with Gasteiger partial charge in [0, 0.05) is 23.7 Å². The fourth-order valence-electron chi connectivity index (χ4n) is 2.52. The normalized spacial score (nSPS) is 10.4. The summed E-state index contributed by atoms with van der Waals surface area (Å²) in [7, 11) is 3.08. The monoisotopic (exact) mass is 356 g/mol. The van der Waals surface area contributed by atoms with Crippen LogP contribution in [0.3, 0.4) is 0 Å². The van der Waals surface area contributed by atoms with Crippen molar-refractivity contribution in [2.24, 2.45) is 0 Å². The van der Waals surface area contributed by atoms with Crippen LogP contribution in [0.1, 0.15) is 16.1 Å². The molecule has 0 fully saturated rings. The van der Waals surface area contributed by atoms with Gasteiger partial charge in [0.15, 0.2) is 11.5 Å². The molecule has 1 aromatic heterocycles. The molecule has 0 spiro atoms. The summed E-state index contributed by atoms with van der Waals surface area (Å²) < 4.78 is 28.9. The van der Waals surface area contributed by atoms with Gasteiger partial charge < -0.3 is 19.3 Å². The molecule has 0 bridgehead atoms. The minimum Gasteiger partial charge on any atom is -0.493 e. The van der Waals surface area contributed by atoms with E-state index < -0.39 is 5.91 Å². The number of hydrogen-bond acceptors (Lipinski definition) is 5. The van der Waals surface area contributed by atoms with Crippen LogP contribution in [0.2, 0.25) is 0 Å². The number of carbonyl (C=O) groups excluding carboxylic acids is 1. The highest BCUT2D eigenvalue weighted by Crippen LogP contribution is 2.30. The maximum absolute atomic E-state index is 13.3. The van der Waals surface area contributed by atoms with E-state index in [1.54, 1.807) is 31.4 Å². The molecule has 134 valence electrons. The van der Waals surface area contributed by atoms with Crippen LogP contribution in [-0.2, 0) is 6.54 Å². The summed E-state index contributed by atoms with van der Waals surface area (Å²) in [6, 6.07) is 12.8. The van der Waals surface area contributed by atoms with Crippen LogP contribution >= 0.6 is 0 Å². The van der Waals surface area contributed by atoms with Gasteiger partial charge in [-0.1, -0.05) is 29.4 Å². The van der Waals surface area contributed by atoms with Crippen molar-refractivity contribution >= 4 is 5.91 Å². The number of nitrogens with one attached hydrogen (secondary N) is 1. The second-order valence-electron chi connectivity index (χ2n) is 5.42. The highest BCUT2D eigenvalue weighted by atomic mass is 19.1. The zero-order valence-corrected chi connectivity index (χ0v) is 14.3. The highest BCUT2D eigenvalue weighted by Gasteiger charge is 2.16. The van der Waals surface area contributed by atoms with Crippen LogP contribution in [0.25, 0.3) is 11.3 Å². The van der Waals surface area contributed by atoms with Gasteiger partial charge >= 0.3 is 0 Å². The summed E-state index contributed by atoms with van der Waals surface area (Å²) in [5.41, 5.74) is 1.67. The van der Waals surface area contributed by atoms with Crippen molar-refractivity contribution in [2.75, 3.05) is 14.2 Å². The van der Waals surface area contributed by atoms with E-state index in [0.717, 1.165) is 5.56 Å². The first-order valence-electron chi connectivity index (χ1n) is 7.83. The van der Waals surface area contributed by atoms with Gasteiger partial charge in [0.05, 0.1) is 14.2 Å². The molecule has 0 atom stereocenters. The average Bonchev–Trinajstić information content (AvgIpc) is 3.16. The van der Waals surface area contributed by atoms with Gasteiger partial charge in [0.25, 0.3) is 5.91 Å². The Morgan fingerprint density at radius 2 is 1.96 bits per heavy atom. The number of nitrogens with zero attached hydrogens (tertiary/aromatic N) is 1. The summed E-state index contributed by atoms with van der Waals surface area (Å²) in [4.78, 5) is 12.3. The molecule has 0 radical (unpaired) electrons. The van der Waals surface area contributed by atoms with Crippen molar-refractivity contribution in [1.82, 2.24) is 10.5 Å². The van der Waals surface area contributed by atoms with Crippen molar-refractivity contribution in [3.8, 4) is 22.8 Å². The fourth-order valence-corrected chi connectivity index (χ4v) is 2.52. The number of para-hydroxylation sites is 1. The third-order valence-corrected chi connectivity index (χ3v) is 3.78. The Morgan fingerprint density at radius 3 is 2.69 bits per heavy atom. The lowest BCUT2D eigenvalue weighted by atomic mass is 10.1. The van der Waals surface area contributed by atoms with Gasteiger partial charge in [-0.3, -0.25) is 4.79 Å². The lowest BCUT2D eigenvalue weighted by Crippen LogP contribution is -2.22. The second-order valence-corrected chi connectivity index (χ2v) is 5.42. The molecule has 0 aliphatic heterocycles. The number of hydrogen-bond donors (Lipinski definition) is 1. The maximum Gasteiger partial charge on any atom is 0.290 e. The Labute approximate surface area is 149 Å².